The molecule has 2 aliphatic rings. The Morgan fingerprint density at radius 1 is 1.36 bits per heavy atom. The van der Waals surface area contributed by atoms with Crippen molar-refractivity contribution in [1.29, 1.82) is 10.5 Å². The molecule has 42 heavy (non-hydrogen) atoms. The van der Waals surface area contributed by atoms with Crippen LogP contribution in [0.4, 0.5) is 8.78 Å². The largest absolute Gasteiger partial charge is 0.346 e. The van der Waals surface area contributed by atoms with Gasteiger partial charge in [0.25, 0.3) is 5.91 Å². The summed E-state index contributed by atoms with van der Waals surface area (Å²) in [6, 6.07) is 6.82. The maximum absolute atomic E-state index is 14.4. The van der Waals surface area contributed by atoms with E-state index in [4.69, 9.17) is 5.26 Å². The summed E-state index contributed by atoms with van der Waals surface area (Å²) in [5, 5.41) is 26.1. The van der Waals surface area contributed by atoms with Gasteiger partial charge in [-0.2, -0.15) is 15.6 Å². The van der Waals surface area contributed by atoms with Crippen LogP contribution in [0.2, 0.25) is 0 Å². The Kier molecular flexibility index (Phi) is 11.7. The number of benzene rings is 1. The summed E-state index contributed by atoms with van der Waals surface area (Å²) in [5.41, 5.74) is 2.85. The van der Waals surface area contributed by atoms with Crippen LogP contribution in [0.25, 0.3) is 5.57 Å². The number of amides is 1. The molecule has 1 aromatic heterocycles. The highest BCUT2D eigenvalue weighted by Gasteiger charge is 2.33. The Hall–Kier alpha value is -4.61. The third kappa shape index (κ3) is 7.56. The van der Waals surface area contributed by atoms with E-state index in [1.54, 1.807) is 17.0 Å². The van der Waals surface area contributed by atoms with Crippen molar-refractivity contribution >= 4 is 17.3 Å². The first kappa shape index (κ1) is 31.9. The maximum atomic E-state index is 14.4. The smallest absolute Gasteiger partial charge is 0.256 e. The van der Waals surface area contributed by atoms with E-state index in [-0.39, 0.29) is 36.7 Å². The fourth-order valence-corrected chi connectivity index (χ4v) is 4.85. The molecule has 1 amide bonds. The Labute approximate surface area is 245 Å². The first-order chi connectivity index (χ1) is 20.3. The van der Waals surface area contributed by atoms with E-state index in [2.05, 4.69) is 28.1 Å². The third-order valence-electron chi connectivity index (χ3n) is 7.02. The lowest BCUT2D eigenvalue weighted by atomic mass is 10.0. The number of nitriles is 2. The van der Waals surface area contributed by atoms with Crippen molar-refractivity contribution < 1.29 is 13.6 Å². The second-order valence-corrected chi connectivity index (χ2v) is 9.83. The van der Waals surface area contributed by atoms with Crippen LogP contribution >= 0.6 is 0 Å². The Morgan fingerprint density at radius 2 is 2.12 bits per heavy atom. The van der Waals surface area contributed by atoms with Crippen LogP contribution in [0.1, 0.15) is 54.7 Å². The molecule has 0 bridgehead atoms. The first-order valence-electron chi connectivity index (χ1n) is 13.8. The number of piperazine rings is 1. The summed E-state index contributed by atoms with van der Waals surface area (Å²) in [4.78, 5) is 20.8. The van der Waals surface area contributed by atoms with Gasteiger partial charge in [0, 0.05) is 56.3 Å². The number of hydrogen-bond acceptors (Lipinski definition) is 6. The van der Waals surface area contributed by atoms with Crippen LogP contribution in [-0.4, -0.2) is 76.8 Å². The molecular weight excluding hydrogens is 538 g/mol. The van der Waals surface area contributed by atoms with Gasteiger partial charge in [0.15, 0.2) is 0 Å². The third-order valence-corrected chi connectivity index (χ3v) is 7.02. The number of alkyl halides is 1. The Morgan fingerprint density at radius 3 is 2.76 bits per heavy atom. The van der Waals surface area contributed by atoms with Crippen LogP contribution in [0.5, 0.6) is 0 Å². The minimum atomic E-state index is -0.774. The summed E-state index contributed by atoms with van der Waals surface area (Å²) >= 11 is 0. The standard InChI is InChI=1S/C28H30F2N8O.C3H6/c1-3-33-27-24(7-9-34-27)19(2)21-15-35-38(16-21)22(6-8-31)17-36-10-11-37(18-23(36)13-29)28(39)25-5-4-20(14-32)12-26(25)30;1-3-2/h4-5,7,9,12,15-16,22-23H,3,6,10-11,13,17-18H2,1-2H3,(H,33,34);3H,1H2,2H3/b24-19+;. The van der Waals surface area contributed by atoms with Crippen molar-refractivity contribution in [3.8, 4) is 12.1 Å². The van der Waals surface area contributed by atoms with Gasteiger partial charge in [-0.25, -0.2) is 8.78 Å². The van der Waals surface area contributed by atoms with E-state index in [1.807, 2.05) is 50.2 Å². The van der Waals surface area contributed by atoms with E-state index in [1.165, 1.54) is 17.0 Å². The highest BCUT2D eigenvalue weighted by Crippen LogP contribution is 2.25. The average Bonchev–Trinajstić information content (AvgIpc) is 3.67. The lowest BCUT2D eigenvalue weighted by Crippen LogP contribution is -2.56. The number of aliphatic imine (C=N–C) groups is 1. The monoisotopic (exact) mass is 574 g/mol. The van der Waals surface area contributed by atoms with Gasteiger partial charge in [-0.3, -0.25) is 19.4 Å². The van der Waals surface area contributed by atoms with Gasteiger partial charge in [0.2, 0.25) is 0 Å². The van der Waals surface area contributed by atoms with E-state index in [0.717, 1.165) is 28.6 Å². The summed E-state index contributed by atoms with van der Waals surface area (Å²) in [6.07, 6.45) is 9.36. The quantitative estimate of drug-likeness (QED) is 0.460. The van der Waals surface area contributed by atoms with E-state index in [9.17, 15) is 18.8 Å². The average molecular weight is 575 g/mol. The molecule has 1 saturated heterocycles. The van der Waals surface area contributed by atoms with Crippen molar-refractivity contribution in [3.05, 3.63) is 83.6 Å². The van der Waals surface area contributed by atoms with E-state index < -0.39 is 24.4 Å². The molecule has 2 aliphatic heterocycles. The number of rotatable bonds is 8. The molecule has 0 saturated carbocycles. The van der Waals surface area contributed by atoms with Crippen LogP contribution < -0.4 is 5.32 Å². The number of nitrogens with one attached hydrogen (secondary N) is 1. The van der Waals surface area contributed by atoms with E-state index in [0.29, 0.717) is 19.6 Å². The van der Waals surface area contributed by atoms with Gasteiger partial charge in [-0.05, 0) is 50.6 Å². The predicted molar refractivity (Wildman–Crippen MR) is 159 cm³/mol. The van der Waals surface area contributed by atoms with Crippen molar-refractivity contribution in [1.82, 2.24) is 24.9 Å². The number of carbonyl (C=O) groups excluding carboxylic acids is 1. The SMILES string of the molecule is C=CC.CCN=C1NC=C/C1=C(/C)c1cnn(C(CC#N)CN2CCN(C(=O)c3ccc(C#N)cc3F)CC2CF)c1. The minimum absolute atomic E-state index is 0.0858. The van der Waals surface area contributed by atoms with Gasteiger partial charge in [0.1, 0.15) is 18.3 Å². The highest BCUT2D eigenvalue weighted by atomic mass is 19.1. The van der Waals surface area contributed by atoms with Crippen molar-refractivity contribution in [2.24, 2.45) is 4.99 Å². The maximum Gasteiger partial charge on any atom is 0.256 e. The summed E-state index contributed by atoms with van der Waals surface area (Å²) in [5.74, 6) is -0.509. The molecule has 0 aliphatic carbocycles. The second kappa shape index (κ2) is 15.4. The fourth-order valence-electron chi connectivity index (χ4n) is 4.85. The summed E-state index contributed by atoms with van der Waals surface area (Å²) < 4.78 is 30.3. The zero-order chi connectivity index (χ0) is 30.6. The van der Waals surface area contributed by atoms with Gasteiger partial charge < -0.3 is 10.2 Å². The molecule has 220 valence electrons. The number of aromatic nitrogens is 2. The number of allylic oxidation sites excluding steroid dienone is 2. The molecule has 1 aromatic carbocycles. The Bertz CT molecular complexity index is 1450. The molecule has 9 nitrogen and oxygen atoms in total. The van der Waals surface area contributed by atoms with E-state index >= 15 is 0 Å². The molecule has 2 atom stereocenters. The van der Waals surface area contributed by atoms with Crippen molar-refractivity contribution in [3.63, 3.8) is 0 Å². The first-order valence-corrected chi connectivity index (χ1v) is 13.8. The summed E-state index contributed by atoms with van der Waals surface area (Å²) in [6.45, 7) is 10.3. The number of amidine groups is 1. The molecule has 2 unspecified atom stereocenters. The number of nitrogens with zero attached hydrogens (tertiary/aromatic N) is 7. The predicted octanol–water partition coefficient (Wildman–Crippen LogP) is 4.65. The number of carbonyl (C=O) groups is 1. The molecular formula is C31H36F2N8O. The molecule has 11 heteroatoms. The molecule has 1 fully saturated rings. The zero-order valence-electron chi connectivity index (χ0n) is 24.2. The number of halogens is 2. The molecule has 4 rings (SSSR count). The highest BCUT2D eigenvalue weighted by molar-refractivity contribution is 6.09. The molecule has 1 N–H and O–H groups in total. The topological polar surface area (TPSA) is 113 Å². The summed E-state index contributed by atoms with van der Waals surface area (Å²) in [7, 11) is 0. The van der Waals surface area contributed by atoms with Crippen molar-refractivity contribution in [2.75, 3.05) is 39.4 Å². The lowest BCUT2D eigenvalue weighted by Gasteiger charge is -2.41. The second-order valence-electron chi connectivity index (χ2n) is 9.83. The van der Waals surface area contributed by atoms with Crippen molar-refractivity contribution in [2.45, 2.75) is 39.3 Å². The molecule has 0 radical (unpaired) electrons. The number of hydrogen-bond donors (Lipinski definition) is 1. The molecule has 0 spiro atoms. The molecule has 3 heterocycles. The Balaban J connectivity index is 0.00000155. The minimum Gasteiger partial charge on any atom is -0.346 e. The van der Waals surface area contributed by atoms with Crippen LogP contribution in [0.15, 0.2) is 66.1 Å². The van der Waals surface area contributed by atoms with Gasteiger partial charge in [0.05, 0.1) is 48.0 Å². The van der Waals surface area contributed by atoms with Gasteiger partial charge in [-0.1, -0.05) is 6.08 Å². The van der Waals surface area contributed by atoms with Gasteiger partial charge >= 0.3 is 0 Å². The lowest BCUT2D eigenvalue weighted by molar-refractivity contribution is 0.0370. The van der Waals surface area contributed by atoms with Crippen LogP contribution in [0.3, 0.4) is 0 Å². The van der Waals surface area contributed by atoms with Crippen LogP contribution in [0, 0.1) is 28.5 Å². The normalized spacial score (nSPS) is 19.3. The van der Waals surface area contributed by atoms with Crippen LogP contribution in [-0.2, 0) is 0 Å². The molecule has 2 aromatic rings. The zero-order valence-corrected chi connectivity index (χ0v) is 24.2. The fraction of sp³-hybridized carbons (Fsp3) is 0.387. The van der Waals surface area contributed by atoms with Gasteiger partial charge in [-0.15, -0.1) is 6.58 Å².